The lowest BCUT2D eigenvalue weighted by molar-refractivity contribution is -0.133. The van der Waals surface area contributed by atoms with Crippen molar-refractivity contribution in [3.05, 3.63) is 66.3 Å². The van der Waals surface area contributed by atoms with Gasteiger partial charge in [-0.25, -0.2) is 4.98 Å². The lowest BCUT2D eigenvalue weighted by Gasteiger charge is -2.34. The predicted octanol–water partition coefficient (Wildman–Crippen LogP) is 2.97. The molecular formula is C25H33N5O2. The highest BCUT2D eigenvalue weighted by atomic mass is 16.2. The largest absolute Gasteiger partial charge is 0.340 e. The summed E-state index contributed by atoms with van der Waals surface area (Å²) in [5.41, 5.74) is 1.53. The monoisotopic (exact) mass is 435 g/mol. The second-order valence-corrected chi connectivity index (χ2v) is 7.98. The van der Waals surface area contributed by atoms with Gasteiger partial charge in [0.25, 0.3) is 5.91 Å². The fraction of sp³-hybridized carbons (Fsp3) is 0.440. The summed E-state index contributed by atoms with van der Waals surface area (Å²) in [6.45, 7) is 7.19. The minimum atomic E-state index is -0.158. The second kappa shape index (κ2) is 12.7. The van der Waals surface area contributed by atoms with Gasteiger partial charge in [-0.15, -0.1) is 0 Å². The van der Waals surface area contributed by atoms with E-state index in [1.807, 2.05) is 23.1 Å². The van der Waals surface area contributed by atoms with E-state index in [4.69, 9.17) is 0 Å². The molecule has 0 bridgehead atoms. The molecule has 0 atom stereocenters. The van der Waals surface area contributed by atoms with Crippen molar-refractivity contribution >= 4 is 17.9 Å². The molecular weight excluding hydrogens is 402 g/mol. The number of carbonyl (C=O) groups excluding carboxylic acids is 2. The molecule has 2 heterocycles. The summed E-state index contributed by atoms with van der Waals surface area (Å²) in [7, 11) is 0. The lowest BCUT2D eigenvalue weighted by atomic mass is 10.2. The Hall–Kier alpha value is -3.06. The zero-order chi connectivity index (χ0) is 22.6. The quantitative estimate of drug-likeness (QED) is 0.574. The maximum absolute atomic E-state index is 12.8. The number of hydrogen-bond donors (Lipinski definition) is 0. The molecule has 0 saturated carbocycles. The number of nitrogens with zero attached hydrogens (tertiary/aromatic N) is 5. The van der Waals surface area contributed by atoms with Crippen molar-refractivity contribution in [2.75, 3.05) is 45.8 Å². The van der Waals surface area contributed by atoms with E-state index in [0.717, 1.165) is 45.6 Å². The van der Waals surface area contributed by atoms with E-state index in [1.165, 1.54) is 18.0 Å². The van der Waals surface area contributed by atoms with Crippen LogP contribution in [-0.4, -0.2) is 82.3 Å². The molecule has 0 radical (unpaired) electrons. The number of rotatable bonds is 10. The molecule has 1 aliphatic rings. The van der Waals surface area contributed by atoms with Gasteiger partial charge in [0.05, 0.1) is 6.20 Å². The summed E-state index contributed by atoms with van der Waals surface area (Å²) in [6, 6.07) is 10.3. The van der Waals surface area contributed by atoms with Crippen LogP contribution in [0.1, 0.15) is 42.2 Å². The maximum atomic E-state index is 12.8. The summed E-state index contributed by atoms with van der Waals surface area (Å²) in [5.74, 6) is -0.0488. The molecule has 170 valence electrons. The van der Waals surface area contributed by atoms with Gasteiger partial charge in [-0.05, 0) is 12.0 Å². The third-order valence-corrected chi connectivity index (χ3v) is 5.65. The Morgan fingerprint density at radius 2 is 1.84 bits per heavy atom. The van der Waals surface area contributed by atoms with Crippen LogP contribution >= 0.6 is 0 Å². The first kappa shape index (κ1) is 23.6. The van der Waals surface area contributed by atoms with Crippen LogP contribution in [0.4, 0.5) is 0 Å². The van der Waals surface area contributed by atoms with Crippen molar-refractivity contribution in [3.63, 3.8) is 0 Å². The van der Waals surface area contributed by atoms with E-state index < -0.39 is 0 Å². The van der Waals surface area contributed by atoms with E-state index in [1.54, 1.807) is 11.1 Å². The summed E-state index contributed by atoms with van der Waals surface area (Å²) in [5, 5.41) is 0. The van der Waals surface area contributed by atoms with Crippen molar-refractivity contribution in [2.24, 2.45) is 0 Å². The van der Waals surface area contributed by atoms with E-state index in [-0.39, 0.29) is 11.8 Å². The first-order chi connectivity index (χ1) is 15.7. The molecule has 1 aromatic carbocycles. The van der Waals surface area contributed by atoms with Crippen LogP contribution in [-0.2, 0) is 4.79 Å². The first-order valence-corrected chi connectivity index (χ1v) is 11.4. The van der Waals surface area contributed by atoms with Gasteiger partial charge in [-0.2, -0.15) is 0 Å². The molecule has 0 aliphatic carbocycles. The molecule has 0 N–H and O–H groups in total. The van der Waals surface area contributed by atoms with Gasteiger partial charge in [0.1, 0.15) is 5.69 Å². The number of unbranched alkanes of at least 4 members (excludes halogenated alkanes) is 1. The van der Waals surface area contributed by atoms with Crippen LogP contribution in [0.15, 0.2) is 55.0 Å². The Morgan fingerprint density at radius 1 is 1.06 bits per heavy atom. The van der Waals surface area contributed by atoms with Crippen LogP contribution in [0, 0.1) is 0 Å². The Morgan fingerprint density at radius 3 is 2.53 bits per heavy atom. The molecule has 1 saturated heterocycles. The Balaban J connectivity index is 1.43. The molecule has 7 heteroatoms. The van der Waals surface area contributed by atoms with Crippen LogP contribution in [0.2, 0.25) is 0 Å². The molecule has 7 nitrogen and oxygen atoms in total. The highest BCUT2D eigenvalue weighted by Gasteiger charge is 2.23. The first-order valence-electron chi connectivity index (χ1n) is 11.4. The fourth-order valence-corrected chi connectivity index (χ4v) is 3.71. The number of benzene rings is 1. The molecule has 0 spiro atoms. The fourth-order valence-electron chi connectivity index (χ4n) is 3.71. The molecule has 1 aliphatic heterocycles. The highest BCUT2D eigenvalue weighted by Crippen LogP contribution is 2.09. The average molecular weight is 436 g/mol. The Bertz CT molecular complexity index is 864. The second-order valence-electron chi connectivity index (χ2n) is 7.98. The highest BCUT2D eigenvalue weighted by molar-refractivity contribution is 5.92. The predicted molar refractivity (Wildman–Crippen MR) is 126 cm³/mol. The molecule has 1 aromatic heterocycles. The van der Waals surface area contributed by atoms with Gasteiger partial charge in [0.15, 0.2) is 0 Å². The molecule has 32 heavy (non-hydrogen) atoms. The van der Waals surface area contributed by atoms with Gasteiger partial charge < -0.3 is 9.80 Å². The van der Waals surface area contributed by atoms with Crippen molar-refractivity contribution in [1.82, 2.24) is 24.7 Å². The van der Waals surface area contributed by atoms with Crippen molar-refractivity contribution in [3.8, 4) is 0 Å². The molecule has 0 unspecified atom stereocenters. The Labute approximate surface area is 190 Å². The summed E-state index contributed by atoms with van der Waals surface area (Å²) >= 11 is 0. The molecule has 1 fully saturated rings. The number of aromatic nitrogens is 2. The molecule has 3 rings (SSSR count). The van der Waals surface area contributed by atoms with E-state index in [0.29, 0.717) is 25.2 Å². The maximum Gasteiger partial charge on any atom is 0.274 e. The summed E-state index contributed by atoms with van der Waals surface area (Å²) in [6.07, 6.45) is 11.1. The SMILES string of the molecule is CCCCN(CCC(=O)N1CCN(CC=Cc2ccccc2)CC1)C(=O)c1cnccn1. The molecule has 2 aromatic rings. The van der Waals surface area contributed by atoms with Crippen LogP contribution in [0.25, 0.3) is 6.08 Å². The van der Waals surface area contributed by atoms with E-state index in [2.05, 4.69) is 46.1 Å². The number of hydrogen-bond acceptors (Lipinski definition) is 5. The van der Waals surface area contributed by atoms with Gasteiger partial charge in [0.2, 0.25) is 5.91 Å². The van der Waals surface area contributed by atoms with Crippen molar-refractivity contribution < 1.29 is 9.59 Å². The summed E-state index contributed by atoms with van der Waals surface area (Å²) < 4.78 is 0. The minimum absolute atomic E-state index is 0.109. The third-order valence-electron chi connectivity index (χ3n) is 5.65. The van der Waals surface area contributed by atoms with Gasteiger partial charge >= 0.3 is 0 Å². The normalized spacial score (nSPS) is 14.6. The topological polar surface area (TPSA) is 69.6 Å². The number of amides is 2. The number of carbonyl (C=O) groups is 2. The molecule has 2 amide bonds. The van der Waals surface area contributed by atoms with Gasteiger partial charge in [-0.3, -0.25) is 19.5 Å². The van der Waals surface area contributed by atoms with E-state index >= 15 is 0 Å². The van der Waals surface area contributed by atoms with Crippen LogP contribution < -0.4 is 0 Å². The lowest BCUT2D eigenvalue weighted by Crippen LogP contribution is -2.49. The van der Waals surface area contributed by atoms with Gasteiger partial charge in [0, 0.05) is 64.6 Å². The summed E-state index contributed by atoms with van der Waals surface area (Å²) in [4.78, 5) is 39.7. The Kier molecular flexibility index (Phi) is 9.37. The smallest absolute Gasteiger partial charge is 0.274 e. The number of piperazine rings is 1. The average Bonchev–Trinajstić information content (AvgIpc) is 2.85. The van der Waals surface area contributed by atoms with E-state index in [9.17, 15) is 9.59 Å². The van der Waals surface area contributed by atoms with Crippen LogP contribution in [0.3, 0.4) is 0 Å². The van der Waals surface area contributed by atoms with Crippen molar-refractivity contribution in [1.29, 1.82) is 0 Å². The zero-order valence-corrected chi connectivity index (χ0v) is 18.9. The zero-order valence-electron chi connectivity index (χ0n) is 18.9. The minimum Gasteiger partial charge on any atom is -0.340 e. The van der Waals surface area contributed by atoms with Gasteiger partial charge in [-0.1, -0.05) is 55.8 Å². The third kappa shape index (κ3) is 7.27. The van der Waals surface area contributed by atoms with Crippen molar-refractivity contribution in [2.45, 2.75) is 26.2 Å². The van der Waals surface area contributed by atoms with Crippen LogP contribution in [0.5, 0.6) is 0 Å². The standard InChI is InChI=1S/C25H33N5O2/c1-2-3-15-30(25(32)23-21-26-12-13-27-23)16-11-24(31)29-19-17-28(18-20-29)14-7-10-22-8-5-4-6-9-22/h4-10,12-13,21H,2-3,11,14-20H2,1H3.